The minimum Gasteiger partial charge on any atom is -0.468 e. The maximum Gasteiger partial charge on any atom is 0.323 e. The maximum atomic E-state index is 11.6. The maximum absolute atomic E-state index is 11.6. The second-order valence-electron chi connectivity index (χ2n) is 5.03. The summed E-state index contributed by atoms with van der Waals surface area (Å²) in [5.41, 5.74) is 0. The molecule has 2 aliphatic rings. The van der Waals surface area contributed by atoms with Gasteiger partial charge in [-0.1, -0.05) is 12.2 Å². The number of rotatable bonds is 3. The van der Waals surface area contributed by atoms with Crippen molar-refractivity contribution in [2.75, 3.05) is 20.2 Å². The number of esters is 1. The highest BCUT2D eigenvalue weighted by Crippen LogP contribution is 2.25. The SMILES string of the molecule is COC(=O)[C@@H]1C[C@@H](O)CN1C[C@@H]1CC=CCC1. The summed E-state index contributed by atoms with van der Waals surface area (Å²) in [6.07, 6.45) is 7.94. The van der Waals surface area contributed by atoms with Crippen LogP contribution < -0.4 is 0 Å². The Kier molecular flexibility index (Phi) is 4.18. The number of hydrogen-bond acceptors (Lipinski definition) is 4. The van der Waals surface area contributed by atoms with Crippen molar-refractivity contribution in [2.45, 2.75) is 37.8 Å². The van der Waals surface area contributed by atoms with Crippen LogP contribution in [0.3, 0.4) is 0 Å². The standard InChI is InChI=1S/C13H21NO3/c1-17-13(16)12-7-11(15)9-14(12)8-10-5-3-2-4-6-10/h2-3,10-12,15H,4-9H2,1H3/t10-,11-,12+/m1/s1. The van der Waals surface area contributed by atoms with Crippen molar-refractivity contribution in [1.29, 1.82) is 0 Å². The molecular formula is C13H21NO3. The van der Waals surface area contributed by atoms with Crippen LogP contribution in [0.25, 0.3) is 0 Å². The van der Waals surface area contributed by atoms with Crippen LogP contribution in [-0.4, -0.2) is 48.3 Å². The molecule has 3 atom stereocenters. The molecule has 1 saturated heterocycles. The van der Waals surface area contributed by atoms with Crippen molar-refractivity contribution < 1.29 is 14.6 Å². The smallest absolute Gasteiger partial charge is 0.323 e. The lowest BCUT2D eigenvalue weighted by atomic mass is 9.94. The molecule has 96 valence electrons. The monoisotopic (exact) mass is 239 g/mol. The quantitative estimate of drug-likeness (QED) is 0.588. The molecule has 0 aromatic heterocycles. The summed E-state index contributed by atoms with van der Waals surface area (Å²) in [5, 5.41) is 9.68. The molecule has 1 heterocycles. The number of β-amino-alcohol motifs (C(OH)–C–C–N with tert-alkyl or cyclic N) is 1. The number of methoxy groups -OCH3 is 1. The molecule has 1 aliphatic carbocycles. The number of likely N-dealkylation sites (tertiary alicyclic amines) is 1. The molecule has 1 fully saturated rings. The Hall–Kier alpha value is -0.870. The van der Waals surface area contributed by atoms with E-state index in [0.29, 0.717) is 18.9 Å². The van der Waals surface area contributed by atoms with Gasteiger partial charge in [-0.15, -0.1) is 0 Å². The second kappa shape index (κ2) is 5.65. The molecule has 0 saturated carbocycles. The largest absolute Gasteiger partial charge is 0.468 e. The third-order valence-corrected chi connectivity index (χ3v) is 3.72. The van der Waals surface area contributed by atoms with Crippen LogP contribution in [0.15, 0.2) is 12.2 Å². The summed E-state index contributed by atoms with van der Waals surface area (Å²) in [6.45, 7) is 1.49. The van der Waals surface area contributed by atoms with Gasteiger partial charge in [-0.3, -0.25) is 9.69 Å². The average Bonchev–Trinajstić information content (AvgIpc) is 2.70. The van der Waals surface area contributed by atoms with Crippen molar-refractivity contribution in [3.05, 3.63) is 12.2 Å². The van der Waals surface area contributed by atoms with E-state index in [0.717, 1.165) is 19.4 Å². The fourth-order valence-corrected chi connectivity index (χ4v) is 2.82. The van der Waals surface area contributed by atoms with Gasteiger partial charge < -0.3 is 9.84 Å². The summed E-state index contributed by atoms with van der Waals surface area (Å²) in [6, 6.07) is -0.249. The number of carbonyl (C=O) groups is 1. The van der Waals surface area contributed by atoms with E-state index in [1.165, 1.54) is 13.5 Å². The summed E-state index contributed by atoms with van der Waals surface area (Å²) >= 11 is 0. The first-order valence-corrected chi connectivity index (χ1v) is 6.35. The molecule has 0 bridgehead atoms. The summed E-state index contributed by atoms with van der Waals surface area (Å²) in [7, 11) is 1.41. The molecule has 1 N–H and O–H groups in total. The highest BCUT2D eigenvalue weighted by atomic mass is 16.5. The van der Waals surface area contributed by atoms with Gasteiger partial charge in [-0.25, -0.2) is 0 Å². The Morgan fingerprint density at radius 1 is 1.53 bits per heavy atom. The highest BCUT2D eigenvalue weighted by molar-refractivity contribution is 5.76. The van der Waals surface area contributed by atoms with Crippen LogP contribution in [0.1, 0.15) is 25.7 Å². The predicted octanol–water partition coefficient (Wildman–Crippen LogP) is 0.951. The van der Waals surface area contributed by atoms with Crippen LogP contribution in [0, 0.1) is 5.92 Å². The van der Waals surface area contributed by atoms with E-state index < -0.39 is 6.10 Å². The molecular weight excluding hydrogens is 218 g/mol. The molecule has 1 aliphatic heterocycles. The van der Waals surface area contributed by atoms with Gasteiger partial charge in [0, 0.05) is 19.5 Å². The van der Waals surface area contributed by atoms with Crippen molar-refractivity contribution in [2.24, 2.45) is 5.92 Å². The van der Waals surface area contributed by atoms with Gasteiger partial charge in [0.2, 0.25) is 0 Å². The lowest BCUT2D eigenvalue weighted by molar-refractivity contribution is -0.146. The van der Waals surface area contributed by atoms with Crippen LogP contribution in [0.4, 0.5) is 0 Å². The molecule has 4 nitrogen and oxygen atoms in total. The van der Waals surface area contributed by atoms with E-state index >= 15 is 0 Å². The minimum atomic E-state index is -0.391. The average molecular weight is 239 g/mol. The number of hydrogen-bond donors (Lipinski definition) is 1. The van der Waals surface area contributed by atoms with Crippen LogP contribution in [0.5, 0.6) is 0 Å². The van der Waals surface area contributed by atoms with Crippen LogP contribution in [-0.2, 0) is 9.53 Å². The van der Waals surface area contributed by atoms with Crippen molar-refractivity contribution in [3.8, 4) is 0 Å². The van der Waals surface area contributed by atoms with Crippen molar-refractivity contribution >= 4 is 5.97 Å². The Balaban J connectivity index is 1.93. The van der Waals surface area contributed by atoms with E-state index in [1.807, 2.05) is 0 Å². The lowest BCUT2D eigenvalue weighted by Gasteiger charge is -2.27. The summed E-state index contributed by atoms with van der Waals surface area (Å²) < 4.78 is 4.80. The molecule has 0 aromatic carbocycles. The van der Waals surface area contributed by atoms with Crippen LogP contribution >= 0.6 is 0 Å². The summed E-state index contributed by atoms with van der Waals surface area (Å²) in [5.74, 6) is 0.394. The molecule has 2 rings (SSSR count). The van der Waals surface area contributed by atoms with E-state index in [9.17, 15) is 9.90 Å². The van der Waals surface area contributed by atoms with Gasteiger partial charge in [-0.05, 0) is 25.2 Å². The minimum absolute atomic E-state index is 0.215. The molecule has 0 aromatic rings. The Labute approximate surface area is 102 Å². The highest BCUT2D eigenvalue weighted by Gasteiger charge is 2.37. The lowest BCUT2D eigenvalue weighted by Crippen LogP contribution is -2.40. The van der Waals surface area contributed by atoms with E-state index in [-0.39, 0.29) is 12.0 Å². The number of ether oxygens (including phenoxy) is 1. The Morgan fingerprint density at radius 3 is 3.00 bits per heavy atom. The van der Waals surface area contributed by atoms with Crippen molar-refractivity contribution in [1.82, 2.24) is 4.90 Å². The van der Waals surface area contributed by atoms with Gasteiger partial charge in [0.05, 0.1) is 13.2 Å². The summed E-state index contributed by atoms with van der Waals surface area (Å²) in [4.78, 5) is 13.7. The normalized spacial score (nSPS) is 33.9. The molecule has 4 heteroatoms. The zero-order valence-corrected chi connectivity index (χ0v) is 10.3. The van der Waals surface area contributed by atoms with Gasteiger partial charge in [-0.2, -0.15) is 0 Å². The number of carbonyl (C=O) groups excluding carboxylic acids is 1. The Morgan fingerprint density at radius 2 is 2.35 bits per heavy atom. The first kappa shape index (κ1) is 12.6. The fourth-order valence-electron chi connectivity index (χ4n) is 2.82. The third-order valence-electron chi connectivity index (χ3n) is 3.72. The van der Waals surface area contributed by atoms with Crippen molar-refractivity contribution in [3.63, 3.8) is 0 Å². The molecule has 0 unspecified atom stereocenters. The van der Waals surface area contributed by atoms with Gasteiger partial charge >= 0.3 is 5.97 Å². The molecule has 0 radical (unpaired) electrons. The van der Waals surface area contributed by atoms with E-state index in [2.05, 4.69) is 17.1 Å². The third kappa shape index (κ3) is 3.07. The number of nitrogens with zero attached hydrogens (tertiary/aromatic N) is 1. The first-order chi connectivity index (χ1) is 8.20. The number of aliphatic hydroxyl groups is 1. The zero-order chi connectivity index (χ0) is 12.3. The van der Waals surface area contributed by atoms with Crippen LogP contribution in [0.2, 0.25) is 0 Å². The second-order valence-corrected chi connectivity index (χ2v) is 5.03. The molecule has 0 spiro atoms. The fraction of sp³-hybridized carbons (Fsp3) is 0.769. The molecule has 0 amide bonds. The van der Waals surface area contributed by atoms with E-state index in [4.69, 9.17) is 4.74 Å². The van der Waals surface area contributed by atoms with Gasteiger partial charge in [0.15, 0.2) is 0 Å². The molecule has 17 heavy (non-hydrogen) atoms. The Bertz CT molecular complexity index is 303. The number of allylic oxidation sites excluding steroid dienone is 2. The van der Waals surface area contributed by atoms with E-state index in [1.54, 1.807) is 0 Å². The number of aliphatic hydroxyl groups excluding tert-OH is 1. The zero-order valence-electron chi connectivity index (χ0n) is 10.3. The topological polar surface area (TPSA) is 49.8 Å². The first-order valence-electron chi connectivity index (χ1n) is 6.35. The predicted molar refractivity (Wildman–Crippen MR) is 64.5 cm³/mol. The van der Waals surface area contributed by atoms with Gasteiger partial charge in [0.25, 0.3) is 0 Å². The van der Waals surface area contributed by atoms with Gasteiger partial charge in [0.1, 0.15) is 6.04 Å².